The Bertz CT molecular complexity index is 720. The van der Waals surface area contributed by atoms with Gasteiger partial charge in [-0.25, -0.2) is 17.8 Å². The number of anilines is 1. The molecule has 6 nitrogen and oxygen atoms in total. The quantitative estimate of drug-likeness (QED) is 0.920. The molecule has 21 heavy (non-hydrogen) atoms. The van der Waals surface area contributed by atoms with Gasteiger partial charge in [0.05, 0.1) is 4.90 Å². The fourth-order valence-electron chi connectivity index (χ4n) is 1.99. The first-order valence-electron chi connectivity index (χ1n) is 6.84. The first kappa shape index (κ1) is 15.5. The molecule has 0 aliphatic heterocycles. The molecular formula is C14H20N4O2S. The van der Waals surface area contributed by atoms with Gasteiger partial charge < -0.3 is 0 Å². The van der Waals surface area contributed by atoms with Gasteiger partial charge in [-0.2, -0.15) is 10.1 Å². The number of aryl methyl sites for hydroxylation is 2. The topological polar surface area (TPSA) is 76.9 Å². The van der Waals surface area contributed by atoms with Crippen LogP contribution in [0, 0.1) is 6.92 Å². The molecule has 1 N–H and O–H groups in total. The summed E-state index contributed by atoms with van der Waals surface area (Å²) < 4.78 is 28.5. The van der Waals surface area contributed by atoms with Crippen LogP contribution in [-0.4, -0.2) is 23.2 Å². The average Bonchev–Trinajstić information content (AvgIpc) is 2.75. The van der Waals surface area contributed by atoms with Gasteiger partial charge in [0, 0.05) is 7.05 Å². The summed E-state index contributed by atoms with van der Waals surface area (Å²) in [6.07, 6.45) is 1.02. The second kappa shape index (κ2) is 5.85. The second-order valence-electron chi connectivity index (χ2n) is 5.09. The highest BCUT2D eigenvalue weighted by atomic mass is 32.2. The molecule has 0 fully saturated rings. The van der Waals surface area contributed by atoms with Crippen LogP contribution in [0.3, 0.4) is 0 Å². The molecule has 0 bridgehead atoms. The molecule has 1 aromatic heterocycles. The maximum absolute atomic E-state index is 12.3. The van der Waals surface area contributed by atoms with Gasteiger partial charge in [0.2, 0.25) is 5.95 Å². The number of hydrogen-bond donors (Lipinski definition) is 1. The molecule has 1 heterocycles. The van der Waals surface area contributed by atoms with Crippen molar-refractivity contribution in [2.24, 2.45) is 7.05 Å². The first-order chi connectivity index (χ1) is 9.83. The molecule has 0 saturated heterocycles. The zero-order valence-corrected chi connectivity index (χ0v) is 13.5. The van der Waals surface area contributed by atoms with Gasteiger partial charge in [-0.05, 0) is 37.0 Å². The summed E-state index contributed by atoms with van der Waals surface area (Å²) in [5, 5.41) is 4.02. The average molecular weight is 308 g/mol. The van der Waals surface area contributed by atoms with E-state index in [1.54, 1.807) is 26.1 Å². The van der Waals surface area contributed by atoms with Gasteiger partial charge in [-0.3, -0.25) is 0 Å². The Labute approximate surface area is 125 Å². The SMILES string of the molecule is CC[C@@H](C)c1ccc(S(=O)(=O)Nc2nc(C)nn2C)cc1. The van der Waals surface area contributed by atoms with Crippen molar-refractivity contribution in [3.05, 3.63) is 35.7 Å². The van der Waals surface area contributed by atoms with Crippen molar-refractivity contribution >= 4 is 16.0 Å². The van der Waals surface area contributed by atoms with E-state index >= 15 is 0 Å². The lowest BCUT2D eigenvalue weighted by atomic mass is 9.99. The lowest BCUT2D eigenvalue weighted by Gasteiger charge is -2.10. The Balaban J connectivity index is 2.25. The normalized spacial score (nSPS) is 13.1. The van der Waals surface area contributed by atoms with Crippen molar-refractivity contribution in [3.63, 3.8) is 0 Å². The van der Waals surface area contributed by atoms with Crippen LogP contribution >= 0.6 is 0 Å². The molecule has 0 radical (unpaired) electrons. The first-order valence-corrected chi connectivity index (χ1v) is 8.32. The van der Waals surface area contributed by atoms with Crippen molar-refractivity contribution in [1.82, 2.24) is 14.8 Å². The van der Waals surface area contributed by atoms with Crippen LogP contribution in [-0.2, 0) is 17.1 Å². The zero-order chi connectivity index (χ0) is 15.6. The minimum absolute atomic E-state index is 0.207. The number of rotatable bonds is 5. The highest BCUT2D eigenvalue weighted by Crippen LogP contribution is 2.21. The summed E-state index contributed by atoms with van der Waals surface area (Å²) in [6.45, 7) is 5.93. The van der Waals surface area contributed by atoms with Crippen molar-refractivity contribution in [2.45, 2.75) is 38.0 Å². The van der Waals surface area contributed by atoms with Crippen molar-refractivity contribution < 1.29 is 8.42 Å². The molecule has 0 saturated carbocycles. The number of hydrogen-bond acceptors (Lipinski definition) is 4. The smallest absolute Gasteiger partial charge is 0.247 e. The number of benzene rings is 1. The molecule has 0 unspecified atom stereocenters. The van der Waals surface area contributed by atoms with E-state index in [-0.39, 0.29) is 10.8 Å². The van der Waals surface area contributed by atoms with Gasteiger partial charge in [-0.15, -0.1) is 0 Å². The van der Waals surface area contributed by atoms with Gasteiger partial charge in [0.25, 0.3) is 10.0 Å². The third-order valence-electron chi connectivity index (χ3n) is 3.47. The molecule has 0 aliphatic carbocycles. The van der Waals surface area contributed by atoms with E-state index in [4.69, 9.17) is 0 Å². The van der Waals surface area contributed by atoms with Crippen LogP contribution in [0.4, 0.5) is 5.95 Å². The number of nitrogens with one attached hydrogen (secondary N) is 1. The fourth-order valence-corrected chi connectivity index (χ4v) is 3.02. The Morgan fingerprint density at radius 1 is 1.29 bits per heavy atom. The predicted octanol–water partition coefficient (Wildman–Crippen LogP) is 2.44. The Morgan fingerprint density at radius 2 is 1.90 bits per heavy atom. The van der Waals surface area contributed by atoms with Crippen molar-refractivity contribution in [1.29, 1.82) is 0 Å². The van der Waals surface area contributed by atoms with E-state index in [1.165, 1.54) is 4.68 Å². The summed E-state index contributed by atoms with van der Waals surface area (Å²) >= 11 is 0. The van der Waals surface area contributed by atoms with Gasteiger partial charge in [-0.1, -0.05) is 26.0 Å². The van der Waals surface area contributed by atoms with Crippen LogP contribution in [0.1, 0.15) is 37.6 Å². The van der Waals surface area contributed by atoms with E-state index in [0.717, 1.165) is 12.0 Å². The molecule has 2 rings (SSSR count). The zero-order valence-electron chi connectivity index (χ0n) is 12.7. The van der Waals surface area contributed by atoms with E-state index < -0.39 is 10.0 Å². The van der Waals surface area contributed by atoms with E-state index in [0.29, 0.717) is 11.7 Å². The summed E-state index contributed by atoms with van der Waals surface area (Å²) in [7, 11) is -2.00. The second-order valence-corrected chi connectivity index (χ2v) is 6.77. The minimum atomic E-state index is -3.65. The Hall–Kier alpha value is -1.89. The predicted molar refractivity (Wildman–Crippen MR) is 81.7 cm³/mol. The Kier molecular flexibility index (Phi) is 4.32. The van der Waals surface area contributed by atoms with Crippen LogP contribution in [0.5, 0.6) is 0 Å². The molecule has 7 heteroatoms. The van der Waals surface area contributed by atoms with Crippen LogP contribution in [0.15, 0.2) is 29.2 Å². The van der Waals surface area contributed by atoms with Crippen LogP contribution < -0.4 is 4.72 Å². The molecule has 1 atom stereocenters. The largest absolute Gasteiger partial charge is 0.264 e. The lowest BCUT2D eigenvalue weighted by molar-refractivity contribution is 0.600. The van der Waals surface area contributed by atoms with Crippen molar-refractivity contribution in [2.75, 3.05) is 4.72 Å². The highest BCUT2D eigenvalue weighted by molar-refractivity contribution is 7.92. The number of sulfonamides is 1. The highest BCUT2D eigenvalue weighted by Gasteiger charge is 2.17. The monoisotopic (exact) mass is 308 g/mol. The summed E-state index contributed by atoms with van der Waals surface area (Å²) in [5.74, 6) is 1.14. The number of aromatic nitrogens is 3. The molecule has 114 valence electrons. The summed E-state index contributed by atoms with van der Waals surface area (Å²) in [5.41, 5.74) is 1.13. The fraction of sp³-hybridized carbons (Fsp3) is 0.429. The minimum Gasteiger partial charge on any atom is -0.247 e. The standard InChI is InChI=1S/C14H20N4O2S/c1-5-10(2)12-6-8-13(9-7-12)21(19,20)17-14-15-11(3)16-18(14)4/h6-10H,5H2,1-4H3,(H,15,16,17)/t10-/m1/s1. The van der Waals surface area contributed by atoms with Crippen molar-refractivity contribution in [3.8, 4) is 0 Å². The number of nitrogens with zero attached hydrogens (tertiary/aromatic N) is 3. The molecule has 0 amide bonds. The lowest BCUT2D eigenvalue weighted by Crippen LogP contribution is -2.16. The van der Waals surface area contributed by atoms with Gasteiger partial charge in [0.1, 0.15) is 5.82 Å². The molecule has 1 aromatic carbocycles. The third kappa shape index (κ3) is 3.41. The summed E-state index contributed by atoms with van der Waals surface area (Å²) in [6, 6.07) is 6.94. The summed E-state index contributed by atoms with van der Waals surface area (Å²) in [4.78, 5) is 4.26. The molecule has 2 aromatic rings. The van der Waals surface area contributed by atoms with E-state index in [1.807, 2.05) is 12.1 Å². The maximum Gasteiger partial charge on any atom is 0.264 e. The van der Waals surface area contributed by atoms with Gasteiger partial charge in [0.15, 0.2) is 0 Å². The molecule has 0 spiro atoms. The third-order valence-corrected chi connectivity index (χ3v) is 4.81. The molecular weight excluding hydrogens is 288 g/mol. The molecule has 0 aliphatic rings. The van der Waals surface area contributed by atoms with E-state index in [9.17, 15) is 8.42 Å². The van der Waals surface area contributed by atoms with Crippen LogP contribution in [0.25, 0.3) is 0 Å². The van der Waals surface area contributed by atoms with E-state index in [2.05, 4.69) is 28.7 Å². The maximum atomic E-state index is 12.3. The van der Waals surface area contributed by atoms with Crippen LogP contribution in [0.2, 0.25) is 0 Å². The Morgan fingerprint density at radius 3 is 2.38 bits per heavy atom. The van der Waals surface area contributed by atoms with Gasteiger partial charge >= 0.3 is 0 Å².